The van der Waals surface area contributed by atoms with E-state index < -0.39 is 18.1 Å². The van der Waals surface area contributed by atoms with Crippen LogP contribution in [0.3, 0.4) is 0 Å². The number of carboxylic acids is 1. The van der Waals surface area contributed by atoms with Gasteiger partial charge in [0, 0.05) is 19.3 Å². The Labute approximate surface area is 307 Å². The van der Waals surface area contributed by atoms with Crippen molar-refractivity contribution in [1.29, 1.82) is 0 Å². The standard InChI is InChI=1S/C42H77NO7/c1-6-8-10-12-14-16-17-18-19-20-21-22-23-25-27-29-31-33-41(45)50-38(36-48-35-34-39(42(46)47)43(3,4)5)37-49-40(44)32-30-28-26-24-15-13-11-9-7-2/h14,16,18-19,38-39H,6-13,15,17,20-37H2,1-5H3/b16-14-,19-18-. The molecule has 8 nitrogen and oxygen atoms in total. The van der Waals surface area contributed by atoms with Crippen LogP contribution in [0.5, 0.6) is 0 Å². The van der Waals surface area contributed by atoms with Crippen molar-refractivity contribution in [3.63, 3.8) is 0 Å². The van der Waals surface area contributed by atoms with Crippen LogP contribution in [-0.2, 0) is 28.6 Å². The number of unbranched alkanes of at least 4 members (excludes halogenated alkanes) is 18. The van der Waals surface area contributed by atoms with Crippen molar-refractivity contribution in [2.45, 2.75) is 187 Å². The lowest BCUT2D eigenvalue weighted by Crippen LogP contribution is -2.55. The van der Waals surface area contributed by atoms with Crippen LogP contribution >= 0.6 is 0 Å². The molecule has 0 amide bonds. The van der Waals surface area contributed by atoms with Gasteiger partial charge in [0.25, 0.3) is 0 Å². The third-order valence-corrected chi connectivity index (χ3v) is 9.09. The van der Waals surface area contributed by atoms with Gasteiger partial charge < -0.3 is 28.6 Å². The summed E-state index contributed by atoms with van der Waals surface area (Å²) in [6.45, 7) is 4.60. The first-order chi connectivity index (χ1) is 24.1. The van der Waals surface area contributed by atoms with Gasteiger partial charge in [0.15, 0.2) is 6.10 Å². The van der Waals surface area contributed by atoms with Gasteiger partial charge in [-0.2, -0.15) is 0 Å². The second kappa shape index (κ2) is 33.9. The molecule has 0 fully saturated rings. The van der Waals surface area contributed by atoms with E-state index in [4.69, 9.17) is 14.2 Å². The van der Waals surface area contributed by atoms with Gasteiger partial charge in [-0.1, -0.05) is 134 Å². The van der Waals surface area contributed by atoms with Gasteiger partial charge in [-0.25, -0.2) is 0 Å². The number of hydrogen-bond acceptors (Lipinski definition) is 7. The predicted molar refractivity (Wildman–Crippen MR) is 204 cm³/mol. The first kappa shape index (κ1) is 47.8. The maximum atomic E-state index is 12.7. The fourth-order valence-electron chi connectivity index (χ4n) is 5.86. The van der Waals surface area contributed by atoms with Gasteiger partial charge in [0.2, 0.25) is 0 Å². The summed E-state index contributed by atoms with van der Waals surface area (Å²) in [5.74, 6) is -1.74. The quantitative estimate of drug-likeness (QED) is 0.0277. The second-order valence-electron chi connectivity index (χ2n) is 14.9. The molecule has 292 valence electrons. The van der Waals surface area contributed by atoms with Crippen molar-refractivity contribution >= 4 is 17.9 Å². The van der Waals surface area contributed by atoms with E-state index in [1.807, 2.05) is 0 Å². The molecule has 0 aromatic carbocycles. The summed E-state index contributed by atoms with van der Waals surface area (Å²) in [6, 6.07) is -0.723. The number of likely N-dealkylation sites (N-methyl/N-ethyl adjacent to an activating group) is 1. The minimum absolute atomic E-state index is 0.0406. The lowest BCUT2D eigenvalue weighted by molar-refractivity contribution is -0.889. The van der Waals surface area contributed by atoms with E-state index in [0.29, 0.717) is 12.8 Å². The highest BCUT2D eigenvalue weighted by Crippen LogP contribution is 2.14. The van der Waals surface area contributed by atoms with Gasteiger partial charge in [-0.3, -0.25) is 9.59 Å². The fraction of sp³-hybridized carbons (Fsp3) is 0.833. The summed E-state index contributed by atoms with van der Waals surface area (Å²) in [4.78, 5) is 36.6. The summed E-state index contributed by atoms with van der Waals surface area (Å²) in [6.07, 6.45) is 34.8. The van der Waals surface area contributed by atoms with Crippen LogP contribution in [0.1, 0.15) is 174 Å². The Balaban J connectivity index is 4.36. The molecule has 0 aliphatic rings. The van der Waals surface area contributed by atoms with Crippen LogP contribution in [0.4, 0.5) is 0 Å². The van der Waals surface area contributed by atoms with E-state index in [-0.39, 0.29) is 42.7 Å². The molecule has 0 N–H and O–H groups in total. The molecule has 8 heteroatoms. The molecular formula is C42H77NO7. The maximum absolute atomic E-state index is 12.7. The molecular weight excluding hydrogens is 630 g/mol. The molecule has 0 radical (unpaired) electrons. The molecule has 0 aromatic rings. The van der Waals surface area contributed by atoms with E-state index >= 15 is 0 Å². The summed E-state index contributed by atoms with van der Waals surface area (Å²) >= 11 is 0. The van der Waals surface area contributed by atoms with Crippen molar-refractivity contribution < 1.29 is 38.2 Å². The Morgan fingerprint density at radius 3 is 1.58 bits per heavy atom. The molecule has 50 heavy (non-hydrogen) atoms. The Morgan fingerprint density at radius 1 is 0.600 bits per heavy atom. The van der Waals surface area contributed by atoms with E-state index in [1.54, 1.807) is 21.1 Å². The van der Waals surface area contributed by atoms with E-state index in [1.165, 1.54) is 89.9 Å². The Morgan fingerprint density at radius 2 is 1.06 bits per heavy atom. The summed E-state index contributed by atoms with van der Waals surface area (Å²) in [5.41, 5.74) is 0. The van der Waals surface area contributed by atoms with E-state index in [9.17, 15) is 19.5 Å². The molecule has 0 bridgehead atoms. The minimum atomic E-state index is -1.13. The molecule has 0 heterocycles. The highest BCUT2D eigenvalue weighted by atomic mass is 16.6. The first-order valence-corrected chi connectivity index (χ1v) is 20.4. The van der Waals surface area contributed by atoms with Crippen LogP contribution in [-0.4, -0.2) is 75.5 Å². The number of aliphatic carboxylic acids is 1. The molecule has 0 saturated carbocycles. The van der Waals surface area contributed by atoms with Gasteiger partial charge >= 0.3 is 11.9 Å². The van der Waals surface area contributed by atoms with E-state index in [2.05, 4.69) is 38.2 Å². The largest absolute Gasteiger partial charge is 0.544 e. The number of allylic oxidation sites excluding steroid dienone is 4. The highest BCUT2D eigenvalue weighted by molar-refractivity contribution is 5.70. The van der Waals surface area contributed by atoms with Crippen LogP contribution in [0.2, 0.25) is 0 Å². The van der Waals surface area contributed by atoms with Crippen molar-refractivity contribution in [1.82, 2.24) is 0 Å². The van der Waals surface area contributed by atoms with Crippen molar-refractivity contribution in [2.24, 2.45) is 0 Å². The van der Waals surface area contributed by atoms with Gasteiger partial charge in [-0.15, -0.1) is 0 Å². The van der Waals surface area contributed by atoms with Crippen LogP contribution < -0.4 is 5.11 Å². The number of ether oxygens (including phenoxy) is 3. The molecule has 0 aliphatic heterocycles. The number of nitrogens with zero attached hydrogens (tertiary/aromatic N) is 1. The maximum Gasteiger partial charge on any atom is 0.306 e. The fourth-order valence-corrected chi connectivity index (χ4v) is 5.86. The summed E-state index contributed by atoms with van der Waals surface area (Å²) in [7, 11) is 5.40. The number of esters is 2. The minimum Gasteiger partial charge on any atom is -0.544 e. The summed E-state index contributed by atoms with van der Waals surface area (Å²) < 4.78 is 17.1. The third kappa shape index (κ3) is 31.8. The lowest BCUT2D eigenvalue weighted by atomic mass is 10.1. The molecule has 0 spiro atoms. The zero-order valence-electron chi connectivity index (χ0n) is 33.1. The number of rotatable bonds is 36. The van der Waals surface area contributed by atoms with Crippen LogP contribution in [0.15, 0.2) is 24.3 Å². The Kier molecular flexibility index (Phi) is 32.4. The van der Waals surface area contributed by atoms with Gasteiger partial charge in [0.05, 0.1) is 40.3 Å². The second-order valence-corrected chi connectivity index (χ2v) is 14.9. The zero-order chi connectivity index (χ0) is 37.1. The number of hydrogen-bond donors (Lipinski definition) is 0. The number of carboxylic acid groups (broad SMARTS) is 1. The molecule has 0 aromatic heterocycles. The Hall–Kier alpha value is -2.19. The van der Waals surface area contributed by atoms with Crippen molar-refractivity contribution in [3.8, 4) is 0 Å². The van der Waals surface area contributed by atoms with Crippen molar-refractivity contribution in [3.05, 3.63) is 24.3 Å². The zero-order valence-corrected chi connectivity index (χ0v) is 33.1. The van der Waals surface area contributed by atoms with Gasteiger partial charge in [0.1, 0.15) is 12.6 Å². The predicted octanol–water partition coefficient (Wildman–Crippen LogP) is 9.19. The summed E-state index contributed by atoms with van der Waals surface area (Å²) in [5, 5.41) is 11.6. The molecule has 0 rings (SSSR count). The third-order valence-electron chi connectivity index (χ3n) is 9.09. The van der Waals surface area contributed by atoms with Crippen molar-refractivity contribution in [2.75, 3.05) is 41.0 Å². The van der Waals surface area contributed by atoms with Crippen LogP contribution in [0.25, 0.3) is 0 Å². The Bertz CT molecular complexity index is 880. The average molecular weight is 708 g/mol. The van der Waals surface area contributed by atoms with Gasteiger partial charge in [-0.05, 0) is 44.9 Å². The highest BCUT2D eigenvalue weighted by Gasteiger charge is 2.25. The monoisotopic (exact) mass is 708 g/mol. The normalized spacial score (nSPS) is 13.2. The lowest BCUT2D eigenvalue weighted by Gasteiger charge is -2.34. The molecule has 2 unspecified atom stereocenters. The van der Waals surface area contributed by atoms with E-state index in [0.717, 1.165) is 51.4 Å². The first-order valence-electron chi connectivity index (χ1n) is 20.4. The number of carbonyl (C=O) groups is 3. The number of carbonyl (C=O) groups excluding carboxylic acids is 3. The SMILES string of the molecule is CCCCC/C=C\C/C=C\CCCCCCCCCC(=O)OC(COCCC(C(=O)[O-])[N+](C)(C)C)COC(=O)CCCCCCCCCCC. The number of quaternary nitrogens is 1. The molecule has 0 aliphatic carbocycles. The topological polar surface area (TPSA) is 102 Å². The van der Waals surface area contributed by atoms with Crippen LogP contribution in [0, 0.1) is 0 Å². The molecule has 2 atom stereocenters. The smallest absolute Gasteiger partial charge is 0.306 e. The average Bonchev–Trinajstić information content (AvgIpc) is 3.06. The molecule has 0 saturated heterocycles.